The van der Waals surface area contributed by atoms with Crippen molar-refractivity contribution in [3.63, 3.8) is 0 Å². The van der Waals surface area contributed by atoms with E-state index in [0.29, 0.717) is 28.0 Å². The predicted octanol–water partition coefficient (Wildman–Crippen LogP) is 2.45. The van der Waals surface area contributed by atoms with Gasteiger partial charge < -0.3 is 19.7 Å². The Morgan fingerprint density at radius 2 is 2.04 bits per heavy atom. The lowest BCUT2D eigenvalue weighted by Gasteiger charge is -2.22. The number of ether oxygens (including phenoxy) is 2. The van der Waals surface area contributed by atoms with Crippen molar-refractivity contribution in [1.82, 2.24) is 5.16 Å². The summed E-state index contributed by atoms with van der Waals surface area (Å²) in [4.78, 5) is 0.0468. The zero-order chi connectivity index (χ0) is 18.6. The van der Waals surface area contributed by atoms with E-state index in [1.165, 1.54) is 25.3 Å². The molecule has 0 atom stereocenters. The zero-order valence-electron chi connectivity index (χ0n) is 14.2. The van der Waals surface area contributed by atoms with Gasteiger partial charge >= 0.3 is 0 Å². The van der Waals surface area contributed by atoms with Crippen LogP contribution in [0.2, 0.25) is 0 Å². The molecule has 0 bridgehead atoms. The molecule has 0 spiro atoms. The number of benzene rings is 1. The van der Waals surface area contributed by atoms with Gasteiger partial charge in [0.2, 0.25) is 5.88 Å². The number of hydrogen-bond acceptors (Lipinski definition) is 7. The van der Waals surface area contributed by atoms with Gasteiger partial charge in [0.15, 0.2) is 0 Å². The molecule has 138 valence electrons. The molecule has 0 amide bonds. The van der Waals surface area contributed by atoms with Crippen molar-refractivity contribution in [1.29, 1.82) is 0 Å². The molecule has 0 saturated heterocycles. The van der Waals surface area contributed by atoms with E-state index in [0.717, 1.165) is 4.31 Å². The molecule has 1 aromatic carbocycles. The highest BCUT2D eigenvalue weighted by Gasteiger charge is 2.31. The van der Waals surface area contributed by atoms with Crippen LogP contribution in [0.5, 0.6) is 0 Å². The van der Waals surface area contributed by atoms with Crippen LogP contribution in [0.3, 0.4) is 0 Å². The van der Waals surface area contributed by atoms with Crippen molar-refractivity contribution in [2.45, 2.75) is 18.7 Å². The summed E-state index contributed by atoms with van der Waals surface area (Å²) < 4.78 is 43.2. The molecule has 2 N–H and O–H groups in total. The fourth-order valence-electron chi connectivity index (χ4n) is 2.01. The molecule has 0 fully saturated rings. The van der Waals surface area contributed by atoms with Crippen LogP contribution in [0.4, 0.5) is 11.6 Å². The number of sulfonamides is 1. The maximum Gasteiger partial charge on any atom is 0.269 e. The van der Waals surface area contributed by atoms with Gasteiger partial charge in [-0.15, -0.1) is 0 Å². The Morgan fingerprint density at radius 1 is 1.32 bits per heavy atom. The van der Waals surface area contributed by atoms with Crippen LogP contribution >= 0.6 is 15.9 Å². The van der Waals surface area contributed by atoms with E-state index in [1.807, 2.05) is 0 Å². The summed E-state index contributed by atoms with van der Waals surface area (Å²) in [6.45, 7) is 3.80. The minimum Gasteiger partial charge on any atom is -0.399 e. The number of halogens is 1. The Hall–Kier alpha value is -1.62. The molecule has 0 saturated carbocycles. The first-order chi connectivity index (χ1) is 11.8. The number of hydrogen-bond donors (Lipinski definition) is 1. The molecule has 0 aliphatic rings. The SMILES string of the molecule is COCCOCN(c1onc(C)c1C)S(=O)(=O)c1ccc(N)cc1Br. The first kappa shape index (κ1) is 19.7. The Balaban J connectivity index is 2.44. The summed E-state index contributed by atoms with van der Waals surface area (Å²) in [6, 6.07) is 4.46. The third-order valence-electron chi connectivity index (χ3n) is 3.52. The van der Waals surface area contributed by atoms with Gasteiger partial charge in [0.25, 0.3) is 10.0 Å². The molecule has 1 aromatic heterocycles. The lowest BCUT2D eigenvalue weighted by Crippen LogP contribution is -2.34. The van der Waals surface area contributed by atoms with E-state index in [2.05, 4.69) is 21.1 Å². The Morgan fingerprint density at radius 3 is 2.60 bits per heavy atom. The van der Waals surface area contributed by atoms with Crippen molar-refractivity contribution in [2.24, 2.45) is 0 Å². The summed E-state index contributed by atoms with van der Waals surface area (Å²) in [5, 5.41) is 3.83. The molecular weight excluding hydrogens is 414 g/mol. The summed E-state index contributed by atoms with van der Waals surface area (Å²) in [5.74, 6) is 0.110. The summed E-state index contributed by atoms with van der Waals surface area (Å²) in [5.41, 5.74) is 7.35. The van der Waals surface area contributed by atoms with Crippen molar-refractivity contribution in [3.8, 4) is 0 Å². The smallest absolute Gasteiger partial charge is 0.269 e. The van der Waals surface area contributed by atoms with Gasteiger partial charge in [-0.2, -0.15) is 0 Å². The Labute approximate surface area is 155 Å². The van der Waals surface area contributed by atoms with Crippen LogP contribution in [0, 0.1) is 13.8 Å². The van der Waals surface area contributed by atoms with E-state index in [4.69, 9.17) is 19.7 Å². The average Bonchev–Trinajstić information content (AvgIpc) is 2.86. The number of nitrogen functional groups attached to an aromatic ring is 1. The van der Waals surface area contributed by atoms with Crippen molar-refractivity contribution in [2.75, 3.05) is 37.1 Å². The monoisotopic (exact) mass is 433 g/mol. The second-order valence-corrected chi connectivity index (χ2v) is 7.96. The summed E-state index contributed by atoms with van der Waals surface area (Å²) in [6.07, 6.45) is 0. The molecule has 2 aromatic rings. The van der Waals surface area contributed by atoms with Crippen LogP contribution < -0.4 is 10.0 Å². The quantitative estimate of drug-likeness (QED) is 0.386. The normalized spacial score (nSPS) is 11.7. The lowest BCUT2D eigenvalue weighted by atomic mass is 10.3. The maximum atomic E-state index is 13.1. The number of anilines is 2. The third kappa shape index (κ3) is 4.32. The van der Waals surface area contributed by atoms with Gasteiger partial charge in [-0.3, -0.25) is 0 Å². The topological polar surface area (TPSA) is 108 Å². The van der Waals surface area contributed by atoms with E-state index in [-0.39, 0.29) is 24.1 Å². The van der Waals surface area contributed by atoms with Gasteiger partial charge in [-0.05, 0) is 48.0 Å². The van der Waals surface area contributed by atoms with Crippen molar-refractivity contribution >= 4 is 37.5 Å². The Kier molecular flexibility index (Phi) is 6.44. The number of nitrogens with two attached hydrogens (primary N) is 1. The minimum absolute atomic E-state index is 0.0468. The highest BCUT2D eigenvalue weighted by molar-refractivity contribution is 9.10. The van der Waals surface area contributed by atoms with E-state index < -0.39 is 10.0 Å². The minimum atomic E-state index is -3.97. The fraction of sp³-hybridized carbons (Fsp3) is 0.400. The molecule has 25 heavy (non-hydrogen) atoms. The molecule has 2 rings (SSSR count). The number of aromatic nitrogens is 1. The summed E-state index contributed by atoms with van der Waals surface area (Å²) >= 11 is 3.25. The summed E-state index contributed by atoms with van der Waals surface area (Å²) in [7, 11) is -2.43. The first-order valence-corrected chi connectivity index (χ1v) is 9.59. The predicted molar refractivity (Wildman–Crippen MR) is 96.9 cm³/mol. The van der Waals surface area contributed by atoms with Crippen LogP contribution in [-0.2, 0) is 19.5 Å². The standard InChI is InChI=1S/C15H20BrN3O5S/c1-10-11(2)18-24-15(10)19(9-23-7-6-22-3)25(20,21)14-5-4-12(17)8-13(14)16/h4-5,8H,6-7,9,17H2,1-3H3. The zero-order valence-corrected chi connectivity index (χ0v) is 16.6. The molecule has 0 radical (unpaired) electrons. The molecule has 0 unspecified atom stereocenters. The maximum absolute atomic E-state index is 13.1. The second kappa shape index (κ2) is 8.17. The van der Waals surface area contributed by atoms with Crippen molar-refractivity contribution < 1.29 is 22.4 Å². The highest BCUT2D eigenvalue weighted by atomic mass is 79.9. The van der Waals surface area contributed by atoms with Gasteiger partial charge in [0.05, 0.1) is 18.9 Å². The second-order valence-electron chi connectivity index (χ2n) is 5.27. The molecule has 0 aliphatic heterocycles. The molecular formula is C15H20BrN3O5S. The van der Waals surface area contributed by atoms with Crippen molar-refractivity contribution in [3.05, 3.63) is 33.9 Å². The molecule has 10 heteroatoms. The van der Waals surface area contributed by atoms with Gasteiger partial charge in [0, 0.05) is 22.8 Å². The van der Waals surface area contributed by atoms with E-state index >= 15 is 0 Å². The van der Waals surface area contributed by atoms with Crippen LogP contribution in [-0.4, -0.2) is 40.6 Å². The molecule has 1 heterocycles. The number of aryl methyl sites for hydroxylation is 1. The fourth-order valence-corrected chi connectivity index (χ4v) is 4.40. The number of rotatable bonds is 8. The van der Waals surface area contributed by atoms with Crippen LogP contribution in [0.25, 0.3) is 0 Å². The van der Waals surface area contributed by atoms with Gasteiger partial charge in [0.1, 0.15) is 11.6 Å². The van der Waals surface area contributed by atoms with E-state index in [1.54, 1.807) is 13.8 Å². The van der Waals surface area contributed by atoms with Crippen LogP contribution in [0.15, 0.2) is 32.1 Å². The first-order valence-electron chi connectivity index (χ1n) is 7.36. The van der Waals surface area contributed by atoms with Gasteiger partial charge in [-0.25, -0.2) is 12.7 Å². The van der Waals surface area contributed by atoms with E-state index in [9.17, 15) is 8.42 Å². The third-order valence-corrected chi connectivity index (χ3v) is 6.21. The number of nitrogens with zero attached hydrogens (tertiary/aromatic N) is 2. The van der Waals surface area contributed by atoms with Gasteiger partial charge in [-0.1, -0.05) is 5.16 Å². The Bertz CT molecular complexity index is 838. The molecule has 8 nitrogen and oxygen atoms in total. The lowest BCUT2D eigenvalue weighted by molar-refractivity contribution is 0.0744. The average molecular weight is 434 g/mol. The highest BCUT2D eigenvalue weighted by Crippen LogP contribution is 2.32. The van der Waals surface area contributed by atoms with Crippen LogP contribution in [0.1, 0.15) is 11.3 Å². The molecule has 0 aliphatic carbocycles. The number of methoxy groups -OCH3 is 1. The largest absolute Gasteiger partial charge is 0.399 e.